The Labute approximate surface area is 140 Å². The number of carbonyl (C=O) groups is 3. The van der Waals surface area contributed by atoms with Gasteiger partial charge in [0.1, 0.15) is 0 Å². The van der Waals surface area contributed by atoms with E-state index in [1.165, 1.54) is 6.26 Å². The van der Waals surface area contributed by atoms with Crippen LogP contribution in [0.3, 0.4) is 0 Å². The third kappa shape index (κ3) is 3.37. The average Bonchev–Trinajstić information content (AvgIpc) is 3.15. The van der Waals surface area contributed by atoms with Gasteiger partial charge in [0, 0.05) is 59.3 Å². The number of urea groups is 1. The molecule has 0 spiro atoms. The quantitative estimate of drug-likeness (QED) is 0.741. The van der Waals surface area contributed by atoms with Gasteiger partial charge in [0.2, 0.25) is 5.91 Å². The standard InChI is InChI=1S/C16H22N4O4/c1-13(21)17-4-8-19(9-5-17)16(23)20-10-6-18(7-11-20)15(22)14-3-2-12-24-14/h2-3,12H,4-11H2,1H3. The van der Waals surface area contributed by atoms with Crippen LogP contribution < -0.4 is 0 Å². The first kappa shape index (κ1) is 16.4. The van der Waals surface area contributed by atoms with E-state index in [-0.39, 0.29) is 17.8 Å². The Balaban J connectivity index is 1.49. The molecule has 2 saturated heterocycles. The van der Waals surface area contributed by atoms with E-state index in [1.54, 1.807) is 38.7 Å². The summed E-state index contributed by atoms with van der Waals surface area (Å²) in [5.41, 5.74) is 0. The Morgan fingerprint density at radius 1 is 0.833 bits per heavy atom. The molecule has 0 aromatic carbocycles. The minimum absolute atomic E-state index is 0.0108. The lowest BCUT2D eigenvalue weighted by Crippen LogP contribution is -2.57. The van der Waals surface area contributed by atoms with Gasteiger partial charge in [-0.25, -0.2) is 4.79 Å². The first-order valence-corrected chi connectivity index (χ1v) is 8.18. The summed E-state index contributed by atoms with van der Waals surface area (Å²) in [6.45, 7) is 5.85. The summed E-state index contributed by atoms with van der Waals surface area (Å²) < 4.78 is 5.14. The topological polar surface area (TPSA) is 77.3 Å². The highest BCUT2D eigenvalue weighted by Gasteiger charge is 2.30. The van der Waals surface area contributed by atoms with Crippen molar-refractivity contribution in [1.29, 1.82) is 0 Å². The van der Waals surface area contributed by atoms with Gasteiger partial charge in [0.15, 0.2) is 5.76 Å². The van der Waals surface area contributed by atoms with Crippen LogP contribution >= 0.6 is 0 Å². The van der Waals surface area contributed by atoms with Gasteiger partial charge in [0.25, 0.3) is 5.91 Å². The second-order valence-corrected chi connectivity index (χ2v) is 6.03. The van der Waals surface area contributed by atoms with Crippen LogP contribution in [0.2, 0.25) is 0 Å². The molecule has 3 rings (SSSR count). The van der Waals surface area contributed by atoms with E-state index in [9.17, 15) is 14.4 Å². The smallest absolute Gasteiger partial charge is 0.320 e. The summed E-state index contributed by atoms with van der Waals surface area (Å²) in [6, 6.07) is 3.32. The SMILES string of the molecule is CC(=O)N1CCN(C(=O)N2CCN(C(=O)c3ccco3)CC2)CC1. The first-order chi connectivity index (χ1) is 11.6. The van der Waals surface area contributed by atoms with Crippen molar-refractivity contribution in [3.63, 3.8) is 0 Å². The maximum absolute atomic E-state index is 12.6. The second kappa shape index (κ2) is 6.94. The Bertz CT molecular complexity index is 600. The zero-order chi connectivity index (χ0) is 17.1. The fraction of sp³-hybridized carbons (Fsp3) is 0.562. The largest absolute Gasteiger partial charge is 0.459 e. The Kier molecular flexibility index (Phi) is 4.73. The first-order valence-electron chi connectivity index (χ1n) is 8.18. The molecule has 0 unspecified atom stereocenters. The molecule has 2 aliphatic rings. The van der Waals surface area contributed by atoms with Crippen LogP contribution in [0.4, 0.5) is 4.79 Å². The van der Waals surface area contributed by atoms with Crippen molar-refractivity contribution in [2.75, 3.05) is 52.4 Å². The molecule has 8 heteroatoms. The number of rotatable bonds is 1. The normalized spacial score (nSPS) is 18.7. The van der Waals surface area contributed by atoms with E-state index in [0.717, 1.165) is 0 Å². The number of hydrogen-bond acceptors (Lipinski definition) is 4. The molecule has 1 aromatic rings. The Morgan fingerprint density at radius 2 is 1.33 bits per heavy atom. The molecule has 0 N–H and O–H groups in total. The summed E-state index contributed by atoms with van der Waals surface area (Å²) in [5.74, 6) is 0.240. The van der Waals surface area contributed by atoms with Crippen LogP contribution in [0.1, 0.15) is 17.5 Å². The van der Waals surface area contributed by atoms with Gasteiger partial charge in [-0.2, -0.15) is 0 Å². The van der Waals surface area contributed by atoms with Crippen LogP contribution in [-0.4, -0.2) is 89.8 Å². The highest BCUT2D eigenvalue weighted by Crippen LogP contribution is 2.12. The maximum Gasteiger partial charge on any atom is 0.320 e. The van der Waals surface area contributed by atoms with E-state index in [0.29, 0.717) is 58.1 Å². The summed E-state index contributed by atoms with van der Waals surface area (Å²) in [6.07, 6.45) is 1.48. The van der Waals surface area contributed by atoms with E-state index in [2.05, 4.69) is 0 Å². The minimum Gasteiger partial charge on any atom is -0.459 e. The van der Waals surface area contributed by atoms with Gasteiger partial charge < -0.3 is 24.0 Å². The third-order valence-electron chi connectivity index (χ3n) is 4.56. The average molecular weight is 334 g/mol. The highest BCUT2D eigenvalue weighted by molar-refractivity contribution is 5.91. The number of hydrogen-bond donors (Lipinski definition) is 0. The van der Waals surface area contributed by atoms with Crippen LogP contribution in [0.5, 0.6) is 0 Å². The molecule has 0 aliphatic carbocycles. The number of carbonyl (C=O) groups excluding carboxylic acids is 3. The maximum atomic E-state index is 12.6. The number of amides is 4. The van der Waals surface area contributed by atoms with Crippen molar-refractivity contribution >= 4 is 17.8 Å². The molecule has 0 saturated carbocycles. The summed E-state index contributed by atoms with van der Waals surface area (Å²) in [7, 11) is 0. The summed E-state index contributed by atoms with van der Waals surface area (Å²) >= 11 is 0. The number of nitrogens with zero attached hydrogens (tertiary/aromatic N) is 4. The van der Waals surface area contributed by atoms with Gasteiger partial charge in [-0.3, -0.25) is 9.59 Å². The van der Waals surface area contributed by atoms with Crippen LogP contribution in [0.15, 0.2) is 22.8 Å². The van der Waals surface area contributed by atoms with Crippen LogP contribution in [0, 0.1) is 0 Å². The predicted molar refractivity (Wildman–Crippen MR) is 85.4 cm³/mol. The van der Waals surface area contributed by atoms with Gasteiger partial charge in [-0.15, -0.1) is 0 Å². The van der Waals surface area contributed by atoms with Gasteiger partial charge >= 0.3 is 6.03 Å². The lowest BCUT2D eigenvalue weighted by atomic mass is 10.2. The van der Waals surface area contributed by atoms with Crippen molar-refractivity contribution in [3.05, 3.63) is 24.2 Å². The van der Waals surface area contributed by atoms with Crippen LogP contribution in [-0.2, 0) is 4.79 Å². The lowest BCUT2D eigenvalue weighted by Gasteiger charge is -2.40. The monoisotopic (exact) mass is 334 g/mol. The van der Waals surface area contributed by atoms with Crippen molar-refractivity contribution < 1.29 is 18.8 Å². The fourth-order valence-corrected chi connectivity index (χ4v) is 3.07. The molecule has 4 amide bonds. The lowest BCUT2D eigenvalue weighted by molar-refractivity contribution is -0.130. The molecule has 0 atom stereocenters. The molecule has 1 aromatic heterocycles. The predicted octanol–water partition coefficient (Wildman–Crippen LogP) is 0.322. The van der Waals surface area contributed by atoms with Gasteiger partial charge in [0.05, 0.1) is 6.26 Å². The number of piperazine rings is 2. The van der Waals surface area contributed by atoms with E-state index >= 15 is 0 Å². The van der Waals surface area contributed by atoms with Crippen molar-refractivity contribution in [2.45, 2.75) is 6.92 Å². The molecule has 2 aliphatic heterocycles. The molecular formula is C16H22N4O4. The number of furan rings is 1. The van der Waals surface area contributed by atoms with Gasteiger partial charge in [-0.1, -0.05) is 0 Å². The molecule has 24 heavy (non-hydrogen) atoms. The summed E-state index contributed by atoms with van der Waals surface area (Å²) in [5, 5.41) is 0. The minimum atomic E-state index is -0.137. The highest BCUT2D eigenvalue weighted by atomic mass is 16.3. The third-order valence-corrected chi connectivity index (χ3v) is 4.56. The molecule has 3 heterocycles. The molecule has 0 radical (unpaired) electrons. The van der Waals surface area contributed by atoms with Crippen molar-refractivity contribution in [3.8, 4) is 0 Å². The molecule has 0 bridgehead atoms. The zero-order valence-corrected chi connectivity index (χ0v) is 13.8. The van der Waals surface area contributed by atoms with Gasteiger partial charge in [-0.05, 0) is 12.1 Å². The van der Waals surface area contributed by atoms with E-state index in [1.807, 2.05) is 0 Å². The molecule has 8 nitrogen and oxygen atoms in total. The second-order valence-electron chi connectivity index (χ2n) is 6.03. The Morgan fingerprint density at radius 3 is 1.79 bits per heavy atom. The van der Waals surface area contributed by atoms with Crippen LogP contribution in [0.25, 0.3) is 0 Å². The van der Waals surface area contributed by atoms with E-state index in [4.69, 9.17) is 4.42 Å². The molecule has 130 valence electrons. The molecule has 2 fully saturated rings. The summed E-state index contributed by atoms with van der Waals surface area (Å²) in [4.78, 5) is 43.1. The van der Waals surface area contributed by atoms with Crippen molar-refractivity contribution in [1.82, 2.24) is 19.6 Å². The zero-order valence-electron chi connectivity index (χ0n) is 13.8. The van der Waals surface area contributed by atoms with E-state index < -0.39 is 0 Å². The fourth-order valence-electron chi connectivity index (χ4n) is 3.07. The Hall–Kier alpha value is -2.51. The molecular weight excluding hydrogens is 312 g/mol. The van der Waals surface area contributed by atoms with Crippen molar-refractivity contribution in [2.24, 2.45) is 0 Å².